The van der Waals surface area contributed by atoms with Crippen LogP contribution in [0.25, 0.3) is 0 Å². The van der Waals surface area contributed by atoms with E-state index in [0.29, 0.717) is 21.8 Å². The Morgan fingerprint density at radius 1 is 1.14 bits per heavy atom. The molecule has 114 valence electrons. The van der Waals surface area contributed by atoms with Gasteiger partial charge in [0.1, 0.15) is 5.75 Å². The van der Waals surface area contributed by atoms with E-state index in [4.69, 9.17) is 40.2 Å². The second kappa shape index (κ2) is 6.73. The molecule has 0 aliphatic carbocycles. The number of halogens is 2. The number of ether oxygens (including phenoxy) is 1. The van der Waals surface area contributed by atoms with E-state index in [0.717, 1.165) is 23.4 Å². The molecular formula is C16H14Cl2N2OS. The molecule has 0 bridgehead atoms. The lowest BCUT2D eigenvalue weighted by Gasteiger charge is -2.27. The van der Waals surface area contributed by atoms with E-state index in [-0.39, 0.29) is 6.04 Å². The number of rotatable bonds is 2. The third kappa shape index (κ3) is 3.64. The van der Waals surface area contributed by atoms with Crippen molar-refractivity contribution in [1.29, 1.82) is 0 Å². The van der Waals surface area contributed by atoms with Crippen LogP contribution in [0.1, 0.15) is 18.0 Å². The maximum Gasteiger partial charge on any atom is 0.171 e. The van der Waals surface area contributed by atoms with Crippen molar-refractivity contribution in [2.75, 3.05) is 11.9 Å². The molecule has 2 aromatic rings. The minimum atomic E-state index is 0.125. The predicted molar refractivity (Wildman–Crippen MR) is 95.1 cm³/mol. The normalized spacial score (nSPS) is 16.4. The number of para-hydroxylation sites is 1. The Labute approximate surface area is 144 Å². The number of hydrogen-bond donors (Lipinski definition) is 2. The van der Waals surface area contributed by atoms with Gasteiger partial charge >= 0.3 is 0 Å². The monoisotopic (exact) mass is 352 g/mol. The summed E-state index contributed by atoms with van der Waals surface area (Å²) in [5.41, 5.74) is 1.87. The summed E-state index contributed by atoms with van der Waals surface area (Å²) < 4.78 is 5.65. The van der Waals surface area contributed by atoms with Crippen LogP contribution in [0.2, 0.25) is 10.0 Å². The minimum absolute atomic E-state index is 0.125. The lowest BCUT2D eigenvalue weighted by molar-refractivity contribution is 0.262. The molecule has 0 saturated carbocycles. The van der Waals surface area contributed by atoms with Crippen LogP contribution in [0.4, 0.5) is 5.69 Å². The van der Waals surface area contributed by atoms with Crippen molar-refractivity contribution in [2.45, 2.75) is 12.5 Å². The van der Waals surface area contributed by atoms with Gasteiger partial charge in [0.05, 0.1) is 12.6 Å². The smallest absolute Gasteiger partial charge is 0.171 e. The zero-order valence-corrected chi connectivity index (χ0v) is 13.9. The molecule has 0 aromatic heterocycles. The van der Waals surface area contributed by atoms with Crippen LogP contribution in [-0.2, 0) is 0 Å². The number of anilines is 1. The highest BCUT2D eigenvalue weighted by molar-refractivity contribution is 7.80. The number of thiocarbonyl (C=S) groups is 1. The molecule has 0 fully saturated rings. The molecule has 6 heteroatoms. The van der Waals surface area contributed by atoms with Crippen molar-refractivity contribution in [3.63, 3.8) is 0 Å². The predicted octanol–water partition coefficient (Wildman–Crippen LogP) is 4.80. The van der Waals surface area contributed by atoms with E-state index < -0.39 is 0 Å². The average Bonchev–Trinajstić information content (AvgIpc) is 2.46. The second-order valence-electron chi connectivity index (χ2n) is 4.98. The van der Waals surface area contributed by atoms with E-state index in [1.54, 1.807) is 18.2 Å². The number of fused-ring (bicyclic) bond motifs is 1. The van der Waals surface area contributed by atoms with Crippen LogP contribution in [0.5, 0.6) is 5.75 Å². The topological polar surface area (TPSA) is 33.3 Å². The Balaban J connectivity index is 1.70. The van der Waals surface area contributed by atoms with Gasteiger partial charge in [0, 0.05) is 27.7 Å². The van der Waals surface area contributed by atoms with Crippen LogP contribution in [0.3, 0.4) is 0 Å². The van der Waals surface area contributed by atoms with E-state index in [9.17, 15) is 0 Å². The molecule has 1 aliphatic rings. The number of benzene rings is 2. The van der Waals surface area contributed by atoms with Crippen LogP contribution < -0.4 is 15.4 Å². The third-order valence-electron chi connectivity index (χ3n) is 3.38. The Hall–Kier alpha value is -1.49. The SMILES string of the molecule is S=C(Nc1cc(Cl)cc(Cl)c1)N[C@H]1CCOc2ccccc21. The first-order chi connectivity index (χ1) is 10.6. The highest BCUT2D eigenvalue weighted by Crippen LogP contribution is 2.31. The molecule has 3 nitrogen and oxygen atoms in total. The van der Waals surface area contributed by atoms with Gasteiger partial charge in [0.25, 0.3) is 0 Å². The summed E-state index contributed by atoms with van der Waals surface area (Å²) in [4.78, 5) is 0. The van der Waals surface area contributed by atoms with Crippen LogP contribution in [0.15, 0.2) is 42.5 Å². The minimum Gasteiger partial charge on any atom is -0.493 e. The first kappa shape index (κ1) is 15.4. The zero-order valence-electron chi connectivity index (χ0n) is 11.6. The van der Waals surface area contributed by atoms with Gasteiger partial charge in [-0.15, -0.1) is 0 Å². The highest BCUT2D eigenvalue weighted by Gasteiger charge is 2.21. The molecule has 0 unspecified atom stereocenters. The van der Waals surface area contributed by atoms with E-state index >= 15 is 0 Å². The highest BCUT2D eigenvalue weighted by atomic mass is 35.5. The first-order valence-electron chi connectivity index (χ1n) is 6.87. The third-order valence-corrected chi connectivity index (χ3v) is 4.04. The van der Waals surface area contributed by atoms with Crippen LogP contribution in [0, 0.1) is 0 Å². The van der Waals surface area contributed by atoms with Crippen molar-refractivity contribution in [3.8, 4) is 5.75 Å². The molecular weight excluding hydrogens is 339 g/mol. The molecule has 0 radical (unpaired) electrons. The number of nitrogens with one attached hydrogen (secondary N) is 2. The van der Waals surface area contributed by atoms with Crippen molar-refractivity contribution < 1.29 is 4.74 Å². The first-order valence-corrected chi connectivity index (χ1v) is 8.03. The van der Waals surface area contributed by atoms with Gasteiger partial charge in [-0.25, -0.2) is 0 Å². The van der Waals surface area contributed by atoms with Crippen molar-refractivity contribution in [2.24, 2.45) is 0 Å². The molecule has 1 atom stereocenters. The number of hydrogen-bond acceptors (Lipinski definition) is 2. The Bertz CT molecular complexity index is 688. The Morgan fingerprint density at radius 2 is 1.86 bits per heavy atom. The quantitative estimate of drug-likeness (QED) is 0.760. The van der Waals surface area contributed by atoms with Crippen LogP contribution >= 0.6 is 35.4 Å². The summed E-state index contributed by atoms with van der Waals surface area (Å²) in [6, 6.07) is 13.3. The van der Waals surface area contributed by atoms with Gasteiger partial charge in [-0.1, -0.05) is 41.4 Å². The summed E-state index contributed by atoms with van der Waals surface area (Å²) in [6.07, 6.45) is 0.856. The molecule has 0 saturated heterocycles. The van der Waals surface area contributed by atoms with Crippen molar-refractivity contribution in [3.05, 3.63) is 58.1 Å². The van der Waals surface area contributed by atoms with E-state index in [2.05, 4.69) is 10.6 Å². The summed E-state index contributed by atoms with van der Waals surface area (Å²) in [6.45, 7) is 0.667. The van der Waals surface area contributed by atoms with Gasteiger partial charge in [0.15, 0.2) is 5.11 Å². The fourth-order valence-electron chi connectivity index (χ4n) is 2.44. The molecule has 3 rings (SSSR count). The summed E-state index contributed by atoms with van der Waals surface area (Å²) in [5, 5.41) is 8.08. The van der Waals surface area contributed by atoms with Crippen molar-refractivity contribution >= 4 is 46.2 Å². The molecule has 1 heterocycles. The molecule has 22 heavy (non-hydrogen) atoms. The second-order valence-corrected chi connectivity index (χ2v) is 6.27. The fourth-order valence-corrected chi connectivity index (χ4v) is 3.23. The largest absolute Gasteiger partial charge is 0.493 e. The summed E-state index contributed by atoms with van der Waals surface area (Å²) in [5.74, 6) is 0.903. The van der Waals surface area contributed by atoms with Gasteiger partial charge in [-0.05, 0) is 36.5 Å². The summed E-state index contributed by atoms with van der Waals surface area (Å²) in [7, 11) is 0. The molecule has 1 aliphatic heterocycles. The molecule has 0 spiro atoms. The summed E-state index contributed by atoms with van der Waals surface area (Å²) >= 11 is 17.4. The zero-order chi connectivity index (χ0) is 15.5. The lowest BCUT2D eigenvalue weighted by atomic mass is 10.0. The molecule has 2 aromatic carbocycles. The lowest BCUT2D eigenvalue weighted by Crippen LogP contribution is -2.35. The maximum atomic E-state index is 5.99. The van der Waals surface area contributed by atoms with E-state index in [1.807, 2.05) is 24.3 Å². The Morgan fingerprint density at radius 3 is 2.64 bits per heavy atom. The molecule has 0 amide bonds. The van der Waals surface area contributed by atoms with Gasteiger partial charge in [-0.3, -0.25) is 0 Å². The van der Waals surface area contributed by atoms with Crippen molar-refractivity contribution in [1.82, 2.24) is 5.32 Å². The van der Waals surface area contributed by atoms with E-state index in [1.165, 1.54) is 0 Å². The average molecular weight is 353 g/mol. The Kier molecular flexibility index (Phi) is 4.71. The molecule has 2 N–H and O–H groups in total. The van der Waals surface area contributed by atoms with Gasteiger partial charge in [-0.2, -0.15) is 0 Å². The van der Waals surface area contributed by atoms with Gasteiger partial charge < -0.3 is 15.4 Å². The maximum absolute atomic E-state index is 5.99. The van der Waals surface area contributed by atoms with Crippen LogP contribution in [-0.4, -0.2) is 11.7 Å². The standard InChI is InChI=1S/C16H14Cl2N2OS/c17-10-7-11(18)9-12(8-10)19-16(22)20-14-5-6-21-15-4-2-1-3-13(14)15/h1-4,7-9,14H,5-6H2,(H2,19,20,22)/t14-/m0/s1. The van der Waals surface area contributed by atoms with Gasteiger partial charge in [0.2, 0.25) is 0 Å². The fraction of sp³-hybridized carbons (Fsp3) is 0.188.